The zero-order valence-electron chi connectivity index (χ0n) is 24.9. The number of nitrogens with zero attached hydrogens (tertiary/aromatic N) is 3. The first kappa shape index (κ1) is 26.7. The third-order valence-electron chi connectivity index (χ3n) is 9.00. The molecular formula is C41H28N3OP. The standard InChI is InChI=1S/C41H28N3OP/c45-46(29-15-3-1-4-16-29,30-17-5-2-6-18-30)31-27-40(43-36-23-11-7-19-32(36)33-20-8-12-24-37(33)43)42-41(28-31)44-38-25-13-9-21-34(38)35-22-10-14-26-39(35)44/h1-28H. The smallest absolute Gasteiger partial charge is 0.171 e. The van der Waals surface area contributed by atoms with E-state index >= 15 is 4.57 Å². The lowest BCUT2D eigenvalue weighted by atomic mass is 10.2. The zero-order valence-corrected chi connectivity index (χ0v) is 25.8. The van der Waals surface area contributed by atoms with Crippen molar-refractivity contribution in [1.29, 1.82) is 0 Å². The largest absolute Gasteiger partial charge is 0.309 e. The average Bonchev–Trinajstić information content (AvgIpc) is 3.65. The second-order valence-corrected chi connectivity index (χ2v) is 14.3. The van der Waals surface area contributed by atoms with Gasteiger partial charge in [0.25, 0.3) is 0 Å². The fourth-order valence-electron chi connectivity index (χ4n) is 6.96. The molecule has 4 nitrogen and oxygen atoms in total. The molecule has 3 heterocycles. The molecule has 9 aromatic rings. The van der Waals surface area contributed by atoms with Crippen molar-refractivity contribution in [3.8, 4) is 11.6 Å². The summed E-state index contributed by atoms with van der Waals surface area (Å²) in [6.07, 6.45) is 0. The Labute approximate surface area is 266 Å². The maximum atomic E-state index is 15.9. The molecule has 0 fully saturated rings. The number of aromatic nitrogens is 3. The van der Waals surface area contributed by atoms with E-state index in [2.05, 4.69) is 106 Å². The first-order valence-electron chi connectivity index (χ1n) is 15.4. The molecule has 0 bridgehead atoms. The summed E-state index contributed by atoms with van der Waals surface area (Å²) < 4.78 is 20.3. The van der Waals surface area contributed by atoms with Gasteiger partial charge in [-0.05, 0) is 36.4 Å². The quantitative estimate of drug-likeness (QED) is 0.183. The molecule has 0 saturated heterocycles. The van der Waals surface area contributed by atoms with Gasteiger partial charge in [-0.15, -0.1) is 0 Å². The minimum atomic E-state index is -3.34. The van der Waals surface area contributed by atoms with Crippen LogP contribution in [0.25, 0.3) is 55.2 Å². The van der Waals surface area contributed by atoms with Crippen molar-refractivity contribution in [2.75, 3.05) is 0 Å². The van der Waals surface area contributed by atoms with Gasteiger partial charge in [-0.3, -0.25) is 9.13 Å². The second-order valence-electron chi connectivity index (χ2n) is 11.6. The van der Waals surface area contributed by atoms with Crippen LogP contribution in [0.15, 0.2) is 170 Å². The molecule has 5 heteroatoms. The second kappa shape index (κ2) is 10.4. The van der Waals surface area contributed by atoms with Crippen molar-refractivity contribution in [1.82, 2.24) is 14.1 Å². The zero-order chi connectivity index (χ0) is 30.7. The van der Waals surface area contributed by atoms with Gasteiger partial charge in [-0.1, -0.05) is 133 Å². The van der Waals surface area contributed by atoms with Gasteiger partial charge in [-0.25, -0.2) is 4.98 Å². The highest BCUT2D eigenvalue weighted by atomic mass is 31.2. The van der Waals surface area contributed by atoms with Crippen molar-refractivity contribution < 1.29 is 4.57 Å². The van der Waals surface area contributed by atoms with Crippen LogP contribution in [0.5, 0.6) is 0 Å². The van der Waals surface area contributed by atoms with Crippen LogP contribution in [0.3, 0.4) is 0 Å². The van der Waals surface area contributed by atoms with Crippen molar-refractivity contribution in [3.05, 3.63) is 170 Å². The highest BCUT2D eigenvalue weighted by molar-refractivity contribution is 7.85. The van der Waals surface area contributed by atoms with Crippen LogP contribution >= 0.6 is 7.14 Å². The van der Waals surface area contributed by atoms with Crippen LogP contribution in [0.1, 0.15) is 0 Å². The predicted octanol–water partition coefficient (Wildman–Crippen LogP) is 8.92. The fourth-order valence-corrected chi connectivity index (χ4v) is 9.63. The molecule has 218 valence electrons. The monoisotopic (exact) mass is 609 g/mol. The van der Waals surface area contributed by atoms with Gasteiger partial charge >= 0.3 is 0 Å². The van der Waals surface area contributed by atoms with E-state index < -0.39 is 7.14 Å². The van der Waals surface area contributed by atoms with Crippen molar-refractivity contribution >= 4 is 66.7 Å². The topological polar surface area (TPSA) is 39.8 Å². The van der Waals surface area contributed by atoms with Gasteiger partial charge in [0.15, 0.2) is 7.14 Å². The van der Waals surface area contributed by atoms with E-state index in [4.69, 9.17) is 4.98 Å². The van der Waals surface area contributed by atoms with E-state index in [1.54, 1.807) is 0 Å². The van der Waals surface area contributed by atoms with E-state index in [0.29, 0.717) is 0 Å². The number of rotatable bonds is 5. The Morgan fingerprint density at radius 1 is 0.370 bits per heavy atom. The molecule has 0 radical (unpaired) electrons. The Balaban J connectivity index is 1.45. The van der Waals surface area contributed by atoms with Crippen molar-refractivity contribution in [2.45, 2.75) is 0 Å². The number of para-hydroxylation sites is 4. The highest BCUT2D eigenvalue weighted by Crippen LogP contribution is 2.44. The molecule has 0 amide bonds. The van der Waals surface area contributed by atoms with Crippen LogP contribution in [0, 0.1) is 0 Å². The summed E-state index contributed by atoms with van der Waals surface area (Å²) in [6, 6.07) is 57.5. The third kappa shape index (κ3) is 3.94. The lowest BCUT2D eigenvalue weighted by Gasteiger charge is -2.22. The Morgan fingerprint density at radius 3 is 1.02 bits per heavy atom. The van der Waals surface area contributed by atoms with Crippen molar-refractivity contribution in [3.63, 3.8) is 0 Å². The molecular weight excluding hydrogens is 581 g/mol. The van der Waals surface area contributed by atoms with Gasteiger partial charge in [0.2, 0.25) is 0 Å². The van der Waals surface area contributed by atoms with Gasteiger partial charge in [0, 0.05) is 37.5 Å². The summed E-state index contributed by atoms with van der Waals surface area (Å²) in [7, 11) is -3.34. The molecule has 9 rings (SSSR count). The molecule has 0 unspecified atom stereocenters. The normalized spacial score (nSPS) is 12.0. The van der Waals surface area contributed by atoms with E-state index in [-0.39, 0.29) is 0 Å². The Morgan fingerprint density at radius 2 is 0.674 bits per heavy atom. The third-order valence-corrected chi connectivity index (χ3v) is 12.0. The SMILES string of the molecule is O=P(c1ccccc1)(c1ccccc1)c1cc(-n2c3ccccc3c3ccccc32)nc(-n2c3ccccc3c3ccccc32)c1. The molecule has 3 aromatic heterocycles. The van der Waals surface area contributed by atoms with E-state index in [1.807, 2.05) is 72.8 Å². The molecule has 0 atom stereocenters. The number of pyridine rings is 1. The van der Waals surface area contributed by atoms with Gasteiger partial charge in [-0.2, -0.15) is 0 Å². The molecule has 0 spiro atoms. The van der Waals surface area contributed by atoms with Crippen molar-refractivity contribution in [2.24, 2.45) is 0 Å². The lowest BCUT2D eigenvalue weighted by Crippen LogP contribution is -2.26. The van der Waals surface area contributed by atoms with Crippen LogP contribution in [0.4, 0.5) is 0 Å². The molecule has 0 saturated carbocycles. The first-order valence-corrected chi connectivity index (χ1v) is 17.1. The summed E-state index contributed by atoms with van der Waals surface area (Å²) in [6.45, 7) is 0. The maximum Gasteiger partial charge on any atom is 0.171 e. The van der Waals surface area contributed by atoms with E-state index in [1.165, 1.54) is 0 Å². The minimum absolute atomic E-state index is 0.721. The minimum Gasteiger partial charge on any atom is -0.309 e. The Bertz CT molecular complexity index is 2340. The van der Waals surface area contributed by atoms with Gasteiger partial charge < -0.3 is 4.57 Å². The first-order chi connectivity index (χ1) is 22.7. The number of benzene rings is 6. The van der Waals surface area contributed by atoms with Crippen LogP contribution in [-0.4, -0.2) is 14.1 Å². The van der Waals surface area contributed by atoms with E-state index in [0.717, 1.165) is 71.2 Å². The number of hydrogen-bond acceptors (Lipinski definition) is 2. The maximum absolute atomic E-state index is 15.9. The molecule has 0 N–H and O–H groups in total. The molecule has 0 aliphatic heterocycles. The van der Waals surface area contributed by atoms with Gasteiger partial charge in [0.05, 0.1) is 22.1 Å². The van der Waals surface area contributed by atoms with Gasteiger partial charge in [0.1, 0.15) is 11.6 Å². The summed E-state index contributed by atoms with van der Waals surface area (Å²) in [4.78, 5) is 5.42. The molecule has 0 aliphatic carbocycles. The lowest BCUT2D eigenvalue weighted by molar-refractivity contribution is 0.592. The summed E-state index contributed by atoms with van der Waals surface area (Å²) in [5.74, 6) is 1.44. The Hall–Kier alpha value is -5.70. The molecule has 46 heavy (non-hydrogen) atoms. The molecule has 0 aliphatic rings. The number of fused-ring (bicyclic) bond motifs is 6. The number of hydrogen-bond donors (Lipinski definition) is 0. The predicted molar refractivity (Wildman–Crippen MR) is 192 cm³/mol. The van der Waals surface area contributed by atoms with Crippen LogP contribution in [0.2, 0.25) is 0 Å². The molecule has 6 aromatic carbocycles. The van der Waals surface area contributed by atoms with E-state index in [9.17, 15) is 0 Å². The summed E-state index contributed by atoms with van der Waals surface area (Å²) in [5, 5.41) is 6.91. The van der Waals surface area contributed by atoms with Crippen LogP contribution in [-0.2, 0) is 4.57 Å². The fraction of sp³-hybridized carbons (Fsp3) is 0. The van der Waals surface area contributed by atoms with Crippen LogP contribution < -0.4 is 15.9 Å². The summed E-state index contributed by atoms with van der Waals surface area (Å²) >= 11 is 0. The highest BCUT2D eigenvalue weighted by Gasteiger charge is 2.32. The Kier molecular flexibility index (Phi) is 6.06. The summed E-state index contributed by atoms with van der Waals surface area (Å²) in [5.41, 5.74) is 4.21. The average molecular weight is 610 g/mol.